The maximum atomic E-state index is 12.2. The molecule has 0 atom stereocenters. The topological polar surface area (TPSA) is 85.6 Å². The summed E-state index contributed by atoms with van der Waals surface area (Å²) in [5.74, 6) is 2.62. The van der Waals surface area contributed by atoms with Crippen molar-refractivity contribution in [3.63, 3.8) is 0 Å². The SMILES string of the molecule is COc1ccc(CCNC(=O)Nc2ccc3oc(C4CC4)nc3c2)cc1OC. The van der Waals surface area contributed by atoms with Gasteiger partial charge in [0.15, 0.2) is 23.0 Å². The van der Waals surface area contributed by atoms with E-state index in [1.54, 1.807) is 14.2 Å². The van der Waals surface area contributed by atoms with Gasteiger partial charge in [-0.25, -0.2) is 9.78 Å². The van der Waals surface area contributed by atoms with Crippen LogP contribution in [0.15, 0.2) is 40.8 Å². The Labute approximate surface area is 163 Å². The maximum absolute atomic E-state index is 12.2. The summed E-state index contributed by atoms with van der Waals surface area (Å²) in [7, 11) is 3.21. The third kappa shape index (κ3) is 4.03. The fraction of sp³-hybridized carbons (Fsp3) is 0.333. The van der Waals surface area contributed by atoms with Crippen molar-refractivity contribution in [3.8, 4) is 11.5 Å². The molecule has 0 unspecified atom stereocenters. The second-order valence-electron chi connectivity index (χ2n) is 6.83. The number of anilines is 1. The van der Waals surface area contributed by atoms with Gasteiger partial charge in [-0.05, 0) is 55.2 Å². The van der Waals surface area contributed by atoms with Crippen LogP contribution in [0.3, 0.4) is 0 Å². The second kappa shape index (κ2) is 7.80. The van der Waals surface area contributed by atoms with Gasteiger partial charge in [0.05, 0.1) is 14.2 Å². The van der Waals surface area contributed by atoms with Crippen LogP contribution in [-0.4, -0.2) is 31.8 Å². The Morgan fingerprint density at radius 2 is 1.96 bits per heavy atom. The highest BCUT2D eigenvalue weighted by Crippen LogP contribution is 2.40. The first kappa shape index (κ1) is 18.2. The fourth-order valence-electron chi connectivity index (χ4n) is 3.06. The van der Waals surface area contributed by atoms with Crippen molar-refractivity contribution < 1.29 is 18.7 Å². The molecular weight excluding hydrogens is 358 g/mol. The lowest BCUT2D eigenvalue weighted by Gasteiger charge is -2.10. The number of benzene rings is 2. The summed E-state index contributed by atoms with van der Waals surface area (Å²) in [5, 5.41) is 5.70. The summed E-state index contributed by atoms with van der Waals surface area (Å²) >= 11 is 0. The zero-order chi connectivity index (χ0) is 19.5. The van der Waals surface area contributed by atoms with Crippen molar-refractivity contribution in [1.82, 2.24) is 10.3 Å². The van der Waals surface area contributed by atoms with Gasteiger partial charge in [-0.3, -0.25) is 0 Å². The number of oxazole rings is 1. The van der Waals surface area contributed by atoms with Crippen LogP contribution in [0.4, 0.5) is 10.5 Å². The van der Waals surface area contributed by atoms with Gasteiger partial charge in [-0.15, -0.1) is 0 Å². The third-order valence-corrected chi connectivity index (χ3v) is 4.74. The predicted octanol–water partition coefficient (Wildman–Crippen LogP) is 4.09. The first-order chi connectivity index (χ1) is 13.7. The molecule has 1 saturated carbocycles. The van der Waals surface area contributed by atoms with Gasteiger partial charge >= 0.3 is 6.03 Å². The maximum Gasteiger partial charge on any atom is 0.319 e. The molecule has 2 aromatic carbocycles. The van der Waals surface area contributed by atoms with E-state index in [0.717, 1.165) is 35.4 Å². The van der Waals surface area contributed by atoms with Gasteiger partial charge in [-0.2, -0.15) is 0 Å². The molecule has 0 spiro atoms. The normalized spacial score (nSPS) is 13.4. The van der Waals surface area contributed by atoms with Gasteiger partial charge in [0.2, 0.25) is 0 Å². The summed E-state index contributed by atoms with van der Waals surface area (Å²) in [6, 6.07) is 11.0. The van der Waals surface area contributed by atoms with Crippen LogP contribution in [-0.2, 0) is 6.42 Å². The number of methoxy groups -OCH3 is 2. The van der Waals surface area contributed by atoms with E-state index in [9.17, 15) is 4.79 Å². The van der Waals surface area contributed by atoms with Gasteiger partial charge in [0, 0.05) is 18.2 Å². The van der Waals surface area contributed by atoms with Gasteiger partial charge in [0.1, 0.15) is 5.52 Å². The minimum atomic E-state index is -0.259. The Balaban J connectivity index is 1.31. The number of hydrogen-bond acceptors (Lipinski definition) is 5. The van der Waals surface area contributed by atoms with Crippen molar-refractivity contribution in [2.45, 2.75) is 25.2 Å². The van der Waals surface area contributed by atoms with Gasteiger partial charge in [0.25, 0.3) is 0 Å². The average Bonchev–Trinajstić information content (AvgIpc) is 3.47. The molecule has 28 heavy (non-hydrogen) atoms. The number of urea groups is 1. The number of amides is 2. The van der Waals surface area contributed by atoms with Gasteiger partial charge < -0.3 is 24.5 Å². The highest BCUT2D eigenvalue weighted by atomic mass is 16.5. The van der Waals surface area contributed by atoms with E-state index in [4.69, 9.17) is 13.9 Å². The highest BCUT2D eigenvalue weighted by molar-refractivity contribution is 5.91. The number of rotatable bonds is 7. The number of hydrogen-bond donors (Lipinski definition) is 2. The molecular formula is C21H23N3O4. The number of carbonyl (C=O) groups is 1. The Bertz CT molecular complexity index is 994. The predicted molar refractivity (Wildman–Crippen MR) is 106 cm³/mol. The van der Waals surface area contributed by atoms with Crippen molar-refractivity contribution in [1.29, 1.82) is 0 Å². The minimum Gasteiger partial charge on any atom is -0.493 e. The van der Waals surface area contributed by atoms with Crippen molar-refractivity contribution in [2.75, 3.05) is 26.1 Å². The molecule has 0 radical (unpaired) electrons. The Morgan fingerprint density at radius 1 is 1.14 bits per heavy atom. The molecule has 0 saturated heterocycles. The fourth-order valence-corrected chi connectivity index (χ4v) is 3.06. The summed E-state index contributed by atoms with van der Waals surface area (Å²) in [6.07, 6.45) is 2.96. The molecule has 7 heteroatoms. The van der Waals surface area contributed by atoms with Crippen LogP contribution in [0, 0.1) is 0 Å². The summed E-state index contributed by atoms with van der Waals surface area (Å²) in [6.45, 7) is 0.499. The lowest BCUT2D eigenvalue weighted by molar-refractivity contribution is 0.252. The van der Waals surface area contributed by atoms with E-state index in [2.05, 4.69) is 15.6 Å². The molecule has 1 aromatic heterocycles. The number of nitrogens with one attached hydrogen (secondary N) is 2. The first-order valence-corrected chi connectivity index (χ1v) is 9.32. The summed E-state index contributed by atoms with van der Waals surface area (Å²) in [5.41, 5.74) is 3.26. The second-order valence-corrected chi connectivity index (χ2v) is 6.83. The number of aromatic nitrogens is 1. The van der Waals surface area contributed by atoms with Crippen molar-refractivity contribution >= 4 is 22.8 Å². The summed E-state index contributed by atoms with van der Waals surface area (Å²) < 4.78 is 16.3. The summed E-state index contributed by atoms with van der Waals surface area (Å²) in [4.78, 5) is 16.7. The molecule has 1 aliphatic carbocycles. The lowest BCUT2D eigenvalue weighted by Crippen LogP contribution is -2.30. The number of nitrogens with zero attached hydrogens (tertiary/aromatic N) is 1. The number of carbonyl (C=O) groups excluding carboxylic acids is 1. The zero-order valence-electron chi connectivity index (χ0n) is 16.0. The van der Waals surface area contributed by atoms with E-state index >= 15 is 0 Å². The average molecular weight is 381 g/mol. The highest BCUT2D eigenvalue weighted by Gasteiger charge is 2.28. The first-order valence-electron chi connectivity index (χ1n) is 9.32. The molecule has 1 heterocycles. The molecule has 1 fully saturated rings. The molecule has 146 valence electrons. The molecule has 2 N–H and O–H groups in total. The quantitative estimate of drug-likeness (QED) is 0.644. The standard InChI is InChI=1S/C21H23N3O4/c1-26-18-7-3-13(11-19(18)27-2)9-10-22-21(25)23-15-6-8-17-16(12-15)24-20(28-17)14-4-5-14/h3,6-8,11-12,14H,4-5,9-10H2,1-2H3,(H2,22,23,25). The van der Waals surface area contributed by atoms with Crippen molar-refractivity contribution in [2.24, 2.45) is 0 Å². The number of fused-ring (bicyclic) bond motifs is 1. The minimum absolute atomic E-state index is 0.259. The Morgan fingerprint density at radius 3 is 2.71 bits per heavy atom. The largest absolute Gasteiger partial charge is 0.493 e. The molecule has 7 nitrogen and oxygen atoms in total. The van der Waals surface area contributed by atoms with E-state index in [-0.39, 0.29) is 6.03 Å². The molecule has 1 aliphatic rings. The third-order valence-electron chi connectivity index (χ3n) is 4.74. The molecule has 4 rings (SSSR count). The van der Waals surface area contributed by atoms with E-state index in [1.165, 1.54) is 0 Å². The van der Waals surface area contributed by atoms with Crippen LogP contribution >= 0.6 is 0 Å². The Kier molecular flexibility index (Phi) is 5.06. The molecule has 3 aromatic rings. The monoisotopic (exact) mass is 381 g/mol. The van der Waals surface area contributed by atoms with Crippen LogP contribution < -0.4 is 20.1 Å². The smallest absolute Gasteiger partial charge is 0.319 e. The van der Waals surface area contributed by atoms with Crippen molar-refractivity contribution in [3.05, 3.63) is 47.9 Å². The zero-order valence-corrected chi connectivity index (χ0v) is 16.0. The van der Waals surface area contributed by atoms with Crippen LogP contribution in [0.5, 0.6) is 11.5 Å². The van der Waals surface area contributed by atoms with Crippen LogP contribution in [0.1, 0.15) is 30.2 Å². The number of ether oxygens (including phenoxy) is 2. The van der Waals surface area contributed by atoms with Crippen LogP contribution in [0.25, 0.3) is 11.1 Å². The lowest BCUT2D eigenvalue weighted by atomic mass is 10.1. The molecule has 0 aliphatic heterocycles. The molecule has 0 bridgehead atoms. The van der Waals surface area contributed by atoms with E-state index < -0.39 is 0 Å². The van der Waals surface area contributed by atoms with E-state index in [1.807, 2.05) is 36.4 Å². The Hall–Kier alpha value is -3.22. The van der Waals surface area contributed by atoms with Crippen LogP contribution in [0.2, 0.25) is 0 Å². The van der Waals surface area contributed by atoms with Gasteiger partial charge in [-0.1, -0.05) is 6.07 Å². The van der Waals surface area contributed by atoms with E-state index in [0.29, 0.717) is 36.1 Å². The molecule has 2 amide bonds.